The fourth-order valence-corrected chi connectivity index (χ4v) is 5.17. The predicted octanol–water partition coefficient (Wildman–Crippen LogP) is 5.00. The topological polar surface area (TPSA) is 70.7 Å². The van der Waals surface area contributed by atoms with E-state index >= 15 is 0 Å². The van der Waals surface area contributed by atoms with Crippen LogP contribution < -0.4 is 20.3 Å². The molecule has 0 bridgehead atoms. The highest BCUT2D eigenvalue weighted by Crippen LogP contribution is 2.37. The lowest BCUT2D eigenvalue weighted by atomic mass is 10.1. The van der Waals surface area contributed by atoms with Crippen LogP contribution in [0, 0.1) is 0 Å². The molecule has 0 aliphatic carbocycles. The highest BCUT2D eigenvalue weighted by Gasteiger charge is 2.24. The zero-order valence-corrected chi connectivity index (χ0v) is 20.9. The maximum atomic E-state index is 13.2. The molecule has 1 aliphatic rings. The fraction of sp³-hybridized carbons (Fsp3) is 0.286. The van der Waals surface area contributed by atoms with E-state index in [0.29, 0.717) is 36.0 Å². The molecule has 182 valence electrons. The summed E-state index contributed by atoms with van der Waals surface area (Å²) in [7, 11) is 1.64. The summed E-state index contributed by atoms with van der Waals surface area (Å²) in [5.41, 5.74) is 3.25. The van der Waals surface area contributed by atoms with Gasteiger partial charge in [0.05, 0.1) is 24.9 Å². The number of amides is 2. The number of nitrogens with zero attached hydrogens (tertiary/aromatic N) is 1. The minimum absolute atomic E-state index is 0.0122. The molecule has 6 nitrogen and oxygen atoms in total. The Morgan fingerprint density at radius 2 is 1.77 bits per heavy atom. The van der Waals surface area contributed by atoms with Gasteiger partial charge in [-0.1, -0.05) is 43.3 Å². The first kappa shape index (κ1) is 24.7. The summed E-state index contributed by atoms with van der Waals surface area (Å²) in [6, 6.07) is 23.2. The largest absolute Gasteiger partial charge is 0.497 e. The number of nitrogens with one attached hydrogen (secondary N) is 2. The van der Waals surface area contributed by atoms with Crippen molar-refractivity contribution in [3.8, 4) is 5.75 Å². The Labute approximate surface area is 211 Å². The minimum atomic E-state index is -0.167. The van der Waals surface area contributed by atoms with Crippen molar-refractivity contribution in [1.29, 1.82) is 0 Å². The van der Waals surface area contributed by atoms with Gasteiger partial charge >= 0.3 is 0 Å². The van der Waals surface area contributed by atoms with E-state index in [1.807, 2.05) is 77.3 Å². The molecule has 4 rings (SSSR count). The molecule has 1 aliphatic heterocycles. The number of thioether (sulfide) groups is 1. The maximum Gasteiger partial charge on any atom is 0.253 e. The quantitative estimate of drug-likeness (QED) is 0.466. The molecule has 0 radical (unpaired) electrons. The van der Waals surface area contributed by atoms with Crippen LogP contribution in [0.4, 0.5) is 11.4 Å². The number of methoxy groups -OCH3 is 1. The van der Waals surface area contributed by atoms with Gasteiger partial charge in [-0.25, -0.2) is 0 Å². The summed E-state index contributed by atoms with van der Waals surface area (Å²) < 4.78 is 5.18. The molecule has 35 heavy (non-hydrogen) atoms. The van der Waals surface area contributed by atoms with Crippen LogP contribution in [0.25, 0.3) is 0 Å². The molecule has 3 aromatic carbocycles. The van der Waals surface area contributed by atoms with Crippen molar-refractivity contribution in [3.63, 3.8) is 0 Å². The number of carbonyl (C=O) groups is 2. The van der Waals surface area contributed by atoms with Crippen molar-refractivity contribution in [2.24, 2.45) is 0 Å². The molecule has 2 N–H and O–H groups in total. The van der Waals surface area contributed by atoms with Crippen LogP contribution in [0.3, 0.4) is 0 Å². The van der Waals surface area contributed by atoms with Gasteiger partial charge in [0.2, 0.25) is 5.91 Å². The van der Waals surface area contributed by atoms with Crippen LogP contribution in [0.5, 0.6) is 5.75 Å². The molecule has 1 atom stereocenters. The van der Waals surface area contributed by atoms with Crippen molar-refractivity contribution in [1.82, 2.24) is 5.32 Å². The lowest BCUT2D eigenvalue weighted by molar-refractivity contribution is -0.117. The first-order chi connectivity index (χ1) is 17.0. The van der Waals surface area contributed by atoms with Gasteiger partial charge in [0.15, 0.2) is 0 Å². The summed E-state index contributed by atoms with van der Waals surface area (Å²) in [4.78, 5) is 29.1. The van der Waals surface area contributed by atoms with Crippen LogP contribution in [-0.2, 0) is 11.2 Å². The molecule has 1 unspecified atom stereocenters. The molecule has 0 spiro atoms. The van der Waals surface area contributed by atoms with E-state index in [9.17, 15) is 9.59 Å². The molecule has 0 fully saturated rings. The summed E-state index contributed by atoms with van der Waals surface area (Å²) >= 11 is 1.81. The van der Waals surface area contributed by atoms with Gasteiger partial charge in [0.25, 0.3) is 5.91 Å². The van der Waals surface area contributed by atoms with E-state index in [0.717, 1.165) is 28.3 Å². The zero-order valence-electron chi connectivity index (χ0n) is 20.1. The zero-order chi connectivity index (χ0) is 24.6. The van der Waals surface area contributed by atoms with E-state index in [-0.39, 0.29) is 18.4 Å². The van der Waals surface area contributed by atoms with E-state index in [4.69, 9.17) is 4.74 Å². The van der Waals surface area contributed by atoms with Gasteiger partial charge in [-0.05, 0) is 54.8 Å². The van der Waals surface area contributed by atoms with Crippen molar-refractivity contribution >= 4 is 35.0 Å². The number of fused-ring (bicyclic) bond motifs is 1. The van der Waals surface area contributed by atoms with Crippen LogP contribution in [0.15, 0.2) is 77.7 Å². The van der Waals surface area contributed by atoms with Gasteiger partial charge < -0.3 is 20.3 Å². The third kappa shape index (κ3) is 6.36. The molecular formula is C28H31N3O3S. The van der Waals surface area contributed by atoms with Gasteiger partial charge in [0, 0.05) is 28.9 Å². The van der Waals surface area contributed by atoms with Crippen molar-refractivity contribution in [3.05, 3.63) is 83.9 Å². The van der Waals surface area contributed by atoms with Crippen LogP contribution >= 0.6 is 11.8 Å². The highest BCUT2D eigenvalue weighted by atomic mass is 32.2. The minimum Gasteiger partial charge on any atom is -0.497 e. The van der Waals surface area contributed by atoms with Crippen molar-refractivity contribution < 1.29 is 14.3 Å². The number of ether oxygens (including phenoxy) is 1. The van der Waals surface area contributed by atoms with Gasteiger partial charge in [0.1, 0.15) is 5.75 Å². The molecule has 1 heterocycles. The third-order valence-corrected chi connectivity index (χ3v) is 7.24. The van der Waals surface area contributed by atoms with E-state index in [1.165, 1.54) is 0 Å². The van der Waals surface area contributed by atoms with E-state index < -0.39 is 0 Å². The van der Waals surface area contributed by atoms with Gasteiger partial charge in [-0.3, -0.25) is 9.59 Å². The SMILES string of the molecule is COc1ccc(CCNC(=O)c2ccccc2NCC(=O)N2CCC(C)Sc3ccccc32)cc1. The number of rotatable bonds is 8. The van der Waals surface area contributed by atoms with Crippen LogP contribution in [-0.4, -0.2) is 43.8 Å². The molecule has 0 saturated heterocycles. The number of hydrogen-bond donors (Lipinski definition) is 2. The normalized spacial score (nSPS) is 15.0. The Kier molecular flexibility index (Phi) is 8.32. The number of anilines is 2. The molecular weight excluding hydrogens is 458 g/mol. The highest BCUT2D eigenvalue weighted by molar-refractivity contribution is 8.00. The van der Waals surface area contributed by atoms with Crippen LogP contribution in [0.2, 0.25) is 0 Å². The van der Waals surface area contributed by atoms with Gasteiger partial charge in [-0.2, -0.15) is 0 Å². The molecule has 0 saturated carbocycles. The Hall–Kier alpha value is -3.45. The number of benzene rings is 3. The number of carbonyl (C=O) groups excluding carboxylic acids is 2. The summed E-state index contributed by atoms with van der Waals surface area (Å²) in [6.07, 6.45) is 1.65. The average molecular weight is 490 g/mol. The molecule has 3 aromatic rings. The Balaban J connectivity index is 1.36. The Bertz CT molecular complexity index is 1170. The smallest absolute Gasteiger partial charge is 0.253 e. The lowest BCUT2D eigenvalue weighted by Gasteiger charge is -2.23. The Morgan fingerprint density at radius 1 is 1.03 bits per heavy atom. The van der Waals surface area contributed by atoms with E-state index in [2.05, 4.69) is 23.6 Å². The molecule has 2 amide bonds. The standard InChI is InChI=1S/C28H31N3O3S/c1-20-16-18-31(25-9-5-6-10-26(25)35-20)27(32)19-30-24-8-4-3-7-23(24)28(33)29-17-15-21-11-13-22(34-2)14-12-21/h3-14,20,30H,15-19H2,1-2H3,(H,29,33). The second-order valence-corrected chi connectivity index (χ2v) is 9.96. The second-order valence-electron chi connectivity index (χ2n) is 8.48. The van der Waals surface area contributed by atoms with E-state index in [1.54, 1.807) is 13.2 Å². The van der Waals surface area contributed by atoms with Crippen LogP contribution in [0.1, 0.15) is 29.3 Å². The molecule has 0 aromatic heterocycles. The Morgan fingerprint density at radius 3 is 2.57 bits per heavy atom. The first-order valence-electron chi connectivity index (χ1n) is 11.8. The monoisotopic (exact) mass is 489 g/mol. The molecule has 7 heteroatoms. The maximum absolute atomic E-state index is 13.2. The summed E-state index contributed by atoms with van der Waals surface area (Å²) in [6.45, 7) is 3.50. The number of hydrogen-bond acceptors (Lipinski definition) is 5. The third-order valence-electron chi connectivity index (χ3n) is 6.00. The lowest BCUT2D eigenvalue weighted by Crippen LogP contribution is -2.37. The second kappa shape index (κ2) is 11.8. The average Bonchev–Trinajstić information content (AvgIpc) is 3.06. The van der Waals surface area contributed by atoms with Crippen molar-refractivity contribution in [2.45, 2.75) is 29.9 Å². The van der Waals surface area contributed by atoms with Gasteiger partial charge in [-0.15, -0.1) is 11.8 Å². The number of para-hydroxylation sites is 2. The summed E-state index contributed by atoms with van der Waals surface area (Å²) in [5.74, 6) is 0.630. The predicted molar refractivity (Wildman–Crippen MR) is 143 cm³/mol. The fourth-order valence-electron chi connectivity index (χ4n) is 4.06. The first-order valence-corrected chi connectivity index (χ1v) is 12.7. The summed E-state index contributed by atoms with van der Waals surface area (Å²) in [5, 5.41) is 6.64. The van der Waals surface area contributed by atoms with Crippen molar-refractivity contribution in [2.75, 3.05) is 37.0 Å².